The lowest BCUT2D eigenvalue weighted by atomic mass is 9.89. The third kappa shape index (κ3) is 1.87. The van der Waals surface area contributed by atoms with Crippen molar-refractivity contribution in [3.63, 3.8) is 0 Å². The maximum Gasteiger partial charge on any atom is 0.134 e. The first-order chi connectivity index (χ1) is 8.25. The Morgan fingerprint density at radius 3 is 2.59 bits per heavy atom. The van der Waals surface area contributed by atoms with Gasteiger partial charge in [0.15, 0.2) is 0 Å². The zero-order valence-electron chi connectivity index (χ0n) is 10.5. The Kier molecular flexibility index (Phi) is 2.67. The van der Waals surface area contributed by atoms with E-state index in [-0.39, 0.29) is 0 Å². The first-order valence-electron chi connectivity index (χ1n) is 6.45. The molecule has 0 atom stereocenters. The fourth-order valence-electron chi connectivity index (χ4n) is 2.75. The van der Waals surface area contributed by atoms with E-state index in [9.17, 15) is 0 Å². The third-order valence-corrected chi connectivity index (χ3v) is 4.00. The lowest BCUT2D eigenvalue weighted by molar-refractivity contribution is 0.457. The van der Waals surface area contributed by atoms with Crippen LogP contribution in [0.1, 0.15) is 35.4 Å². The zero-order chi connectivity index (χ0) is 11.8. The van der Waals surface area contributed by atoms with E-state index in [1.807, 2.05) is 6.26 Å². The SMILES string of the molecule is Cc1cc2occ(C3CCNCC3)c2cc1C. The molecule has 1 aliphatic rings. The van der Waals surface area contributed by atoms with E-state index in [2.05, 4.69) is 31.3 Å². The smallest absolute Gasteiger partial charge is 0.134 e. The van der Waals surface area contributed by atoms with Gasteiger partial charge in [0.25, 0.3) is 0 Å². The molecule has 1 fully saturated rings. The van der Waals surface area contributed by atoms with E-state index in [4.69, 9.17) is 4.42 Å². The van der Waals surface area contributed by atoms with Gasteiger partial charge in [-0.1, -0.05) is 0 Å². The van der Waals surface area contributed by atoms with Gasteiger partial charge < -0.3 is 9.73 Å². The second kappa shape index (κ2) is 4.19. The first kappa shape index (κ1) is 10.8. The van der Waals surface area contributed by atoms with Gasteiger partial charge in [-0.25, -0.2) is 0 Å². The fraction of sp³-hybridized carbons (Fsp3) is 0.467. The van der Waals surface area contributed by atoms with Crippen LogP contribution in [0.25, 0.3) is 11.0 Å². The molecule has 0 spiro atoms. The van der Waals surface area contributed by atoms with Crippen LogP contribution < -0.4 is 5.32 Å². The lowest BCUT2D eigenvalue weighted by Gasteiger charge is -2.21. The summed E-state index contributed by atoms with van der Waals surface area (Å²) in [5, 5.41) is 4.73. The van der Waals surface area contributed by atoms with E-state index in [0.717, 1.165) is 18.7 Å². The molecule has 2 aromatic rings. The van der Waals surface area contributed by atoms with Crippen LogP contribution in [0.5, 0.6) is 0 Å². The van der Waals surface area contributed by atoms with Crippen LogP contribution in [-0.4, -0.2) is 13.1 Å². The molecule has 17 heavy (non-hydrogen) atoms. The number of benzene rings is 1. The summed E-state index contributed by atoms with van der Waals surface area (Å²) < 4.78 is 5.72. The lowest BCUT2D eigenvalue weighted by Crippen LogP contribution is -2.26. The predicted octanol–water partition coefficient (Wildman–Crippen LogP) is 3.52. The van der Waals surface area contributed by atoms with Crippen molar-refractivity contribution in [2.75, 3.05) is 13.1 Å². The molecule has 3 rings (SSSR count). The Morgan fingerprint density at radius 2 is 1.82 bits per heavy atom. The topological polar surface area (TPSA) is 25.2 Å². The molecule has 0 aliphatic carbocycles. The molecular formula is C15H19NO. The minimum atomic E-state index is 0.666. The molecule has 0 bridgehead atoms. The highest BCUT2D eigenvalue weighted by molar-refractivity contribution is 5.83. The van der Waals surface area contributed by atoms with Crippen LogP contribution in [0.2, 0.25) is 0 Å². The van der Waals surface area contributed by atoms with E-state index >= 15 is 0 Å². The highest BCUT2D eigenvalue weighted by Gasteiger charge is 2.19. The normalized spacial score (nSPS) is 17.8. The molecule has 2 heterocycles. The van der Waals surface area contributed by atoms with Gasteiger partial charge >= 0.3 is 0 Å². The fourth-order valence-corrected chi connectivity index (χ4v) is 2.75. The summed E-state index contributed by atoms with van der Waals surface area (Å²) in [5.41, 5.74) is 5.11. The summed E-state index contributed by atoms with van der Waals surface area (Å²) in [5.74, 6) is 0.666. The number of nitrogens with one attached hydrogen (secondary N) is 1. The van der Waals surface area contributed by atoms with Crippen molar-refractivity contribution in [2.24, 2.45) is 0 Å². The summed E-state index contributed by atoms with van der Waals surface area (Å²) in [4.78, 5) is 0. The van der Waals surface area contributed by atoms with Gasteiger partial charge in [-0.05, 0) is 69.0 Å². The first-order valence-corrected chi connectivity index (χ1v) is 6.45. The average molecular weight is 229 g/mol. The summed E-state index contributed by atoms with van der Waals surface area (Å²) in [6, 6.07) is 4.45. The minimum Gasteiger partial charge on any atom is -0.464 e. The monoisotopic (exact) mass is 229 g/mol. The van der Waals surface area contributed by atoms with Crippen LogP contribution in [0, 0.1) is 13.8 Å². The molecule has 0 amide bonds. The standard InChI is InChI=1S/C15H19NO/c1-10-7-13-14(12-3-5-16-6-4-12)9-17-15(13)8-11(10)2/h7-9,12,16H,3-6H2,1-2H3. The van der Waals surface area contributed by atoms with Crippen LogP contribution >= 0.6 is 0 Å². The average Bonchev–Trinajstić information content (AvgIpc) is 2.74. The van der Waals surface area contributed by atoms with Gasteiger partial charge in [0, 0.05) is 10.9 Å². The zero-order valence-corrected chi connectivity index (χ0v) is 10.5. The maximum absolute atomic E-state index is 5.72. The van der Waals surface area contributed by atoms with Gasteiger partial charge in [0.2, 0.25) is 0 Å². The Bertz CT molecular complexity index is 535. The van der Waals surface area contributed by atoms with Crippen LogP contribution in [0.3, 0.4) is 0 Å². The van der Waals surface area contributed by atoms with Crippen molar-refractivity contribution < 1.29 is 4.42 Å². The molecule has 2 heteroatoms. The molecule has 1 saturated heterocycles. The largest absolute Gasteiger partial charge is 0.464 e. The van der Waals surface area contributed by atoms with Gasteiger partial charge in [-0.15, -0.1) is 0 Å². The molecule has 0 saturated carbocycles. The number of rotatable bonds is 1. The summed E-state index contributed by atoms with van der Waals surface area (Å²) in [6.07, 6.45) is 4.42. The van der Waals surface area contributed by atoms with E-state index in [1.54, 1.807) is 0 Å². The Morgan fingerprint density at radius 1 is 1.12 bits per heavy atom. The number of hydrogen-bond donors (Lipinski definition) is 1. The maximum atomic E-state index is 5.72. The van der Waals surface area contributed by atoms with Gasteiger partial charge in [-0.3, -0.25) is 0 Å². The van der Waals surface area contributed by atoms with Crippen molar-refractivity contribution in [1.29, 1.82) is 0 Å². The molecule has 2 nitrogen and oxygen atoms in total. The molecule has 0 radical (unpaired) electrons. The number of aryl methyl sites for hydroxylation is 2. The number of piperidine rings is 1. The molecule has 1 aliphatic heterocycles. The molecule has 1 aromatic heterocycles. The van der Waals surface area contributed by atoms with Crippen molar-refractivity contribution in [3.8, 4) is 0 Å². The van der Waals surface area contributed by atoms with Gasteiger partial charge in [-0.2, -0.15) is 0 Å². The van der Waals surface area contributed by atoms with E-state index < -0.39 is 0 Å². The highest BCUT2D eigenvalue weighted by atomic mass is 16.3. The second-order valence-corrected chi connectivity index (χ2v) is 5.15. The van der Waals surface area contributed by atoms with E-state index in [0.29, 0.717) is 5.92 Å². The molecular weight excluding hydrogens is 210 g/mol. The third-order valence-electron chi connectivity index (χ3n) is 4.00. The second-order valence-electron chi connectivity index (χ2n) is 5.15. The van der Waals surface area contributed by atoms with Gasteiger partial charge in [0.1, 0.15) is 5.58 Å². The summed E-state index contributed by atoms with van der Waals surface area (Å²) in [7, 11) is 0. The summed E-state index contributed by atoms with van der Waals surface area (Å²) in [6.45, 7) is 6.57. The van der Waals surface area contributed by atoms with Gasteiger partial charge in [0.05, 0.1) is 6.26 Å². The highest BCUT2D eigenvalue weighted by Crippen LogP contribution is 2.34. The van der Waals surface area contributed by atoms with Crippen molar-refractivity contribution >= 4 is 11.0 Å². The minimum absolute atomic E-state index is 0.666. The Labute approximate surface area is 102 Å². The van der Waals surface area contributed by atoms with Crippen molar-refractivity contribution in [2.45, 2.75) is 32.6 Å². The summed E-state index contributed by atoms with van der Waals surface area (Å²) >= 11 is 0. The quantitative estimate of drug-likeness (QED) is 0.809. The Hall–Kier alpha value is -1.28. The van der Waals surface area contributed by atoms with Crippen LogP contribution in [0.15, 0.2) is 22.8 Å². The predicted molar refractivity (Wildman–Crippen MR) is 70.5 cm³/mol. The number of fused-ring (bicyclic) bond motifs is 1. The molecule has 1 N–H and O–H groups in total. The Balaban J connectivity index is 2.07. The number of hydrogen-bond acceptors (Lipinski definition) is 2. The molecule has 90 valence electrons. The molecule has 1 aromatic carbocycles. The number of furan rings is 1. The van der Waals surface area contributed by atoms with Crippen molar-refractivity contribution in [1.82, 2.24) is 5.32 Å². The van der Waals surface area contributed by atoms with E-state index in [1.165, 1.54) is 34.9 Å². The van der Waals surface area contributed by atoms with Crippen LogP contribution in [-0.2, 0) is 0 Å². The van der Waals surface area contributed by atoms with Crippen LogP contribution in [0.4, 0.5) is 0 Å². The van der Waals surface area contributed by atoms with Crippen molar-refractivity contribution in [3.05, 3.63) is 35.1 Å². The molecule has 0 unspecified atom stereocenters.